The molecule has 2 aliphatic heterocycles. The second kappa shape index (κ2) is 8.95. The summed E-state index contributed by atoms with van der Waals surface area (Å²) in [5.74, 6) is -2.53. The van der Waals surface area contributed by atoms with Gasteiger partial charge in [0, 0.05) is 28.9 Å². The highest BCUT2D eigenvalue weighted by atomic mass is 32.2. The number of nitrogens with zero attached hydrogens (tertiary/aromatic N) is 7. The number of nitrogens with one attached hydrogen (secondary N) is 1. The standard InChI is InChI=1S/C19H17N9O5S2/c1-33-24-11(14-23-19(20)35-25-14)15(29)22-12-16(30)28-13(18(31)32)9(8-34-17(12)28)7-26-5-6-27-10(26)3-2-4-21-27/h2-6,12,17H,7-8H2,1H3,(H3-,20,22,23,25,29,31,32)/b24-11-/t12-,17-/m0/s1. The van der Waals surface area contributed by atoms with Crippen molar-refractivity contribution < 1.29 is 28.9 Å². The third-order valence-electron chi connectivity index (χ3n) is 5.38. The van der Waals surface area contributed by atoms with E-state index in [9.17, 15) is 19.5 Å². The summed E-state index contributed by atoms with van der Waals surface area (Å²) in [5, 5.41) is 22.0. The molecule has 2 atom stereocenters. The number of hydrogen-bond acceptors (Lipinski definition) is 12. The molecule has 35 heavy (non-hydrogen) atoms. The molecule has 14 nitrogen and oxygen atoms in total. The molecule has 5 rings (SSSR count). The van der Waals surface area contributed by atoms with Gasteiger partial charge in [-0.05, 0) is 6.07 Å². The average molecular weight is 516 g/mol. The Bertz CT molecular complexity index is 1410. The Morgan fingerprint density at radius 1 is 1.46 bits per heavy atom. The second-order valence-electron chi connectivity index (χ2n) is 7.43. The number of nitrogen functional groups attached to an aromatic ring is 1. The Labute approximate surface area is 205 Å². The zero-order valence-electron chi connectivity index (χ0n) is 18.0. The molecule has 3 aromatic heterocycles. The fourth-order valence-electron chi connectivity index (χ4n) is 3.89. The maximum Gasteiger partial charge on any atom is 0.307 e. The minimum Gasteiger partial charge on any atom is -0.543 e. The molecule has 3 N–H and O–H groups in total. The van der Waals surface area contributed by atoms with Gasteiger partial charge >= 0.3 is 5.65 Å². The lowest BCUT2D eigenvalue weighted by molar-refractivity contribution is -0.662. The number of carboxylic acid groups (broad SMARTS) is 1. The van der Waals surface area contributed by atoms with E-state index in [1.54, 1.807) is 29.2 Å². The van der Waals surface area contributed by atoms with Gasteiger partial charge in [-0.2, -0.15) is 9.36 Å². The van der Waals surface area contributed by atoms with E-state index in [1.807, 2.05) is 10.6 Å². The van der Waals surface area contributed by atoms with Crippen molar-refractivity contribution in [2.75, 3.05) is 18.6 Å². The van der Waals surface area contributed by atoms with Gasteiger partial charge in [0.15, 0.2) is 11.3 Å². The largest absolute Gasteiger partial charge is 0.543 e. The highest BCUT2D eigenvalue weighted by Crippen LogP contribution is 2.40. The molecule has 0 aliphatic carbocycles. The van der Waals surface area contributed by atoms with Gasteiger partial charge < -0.3 is 25.8 Å². The molecule has 0 aromatic carbocycles. The topological polar surface area (TPSA) is 184 Å². The van der Waals surface area contributed by atoms with E-state index in [0.717, 1.165) is 22.1 Å². The van der Waals surface area contributed by atoms with Crippen LogP contribution in [0.25, 0.3) is 5.65 Å². The molecule has 0 spiro atoms. The smallest absolute Gasteiger partial charge is 0.307 e. The van der Waals surface area contributed by atoms with Crippen LogP contribution in [0, 0.1) is 0 Å². The van der Waals surface area contributed by atoms with Crippen LogP contribution in [0.3, 0.4) is 0 Å². The molecule has 0 bridgehead atoms. The number of carbonyl (C=O) groups excluding carboxylic acids is 3. The van der Waals surface area contributed by atoms with Crippen molar-refractivity contribution in [3.8, 4) is 0 Å². The fraction of sp³-hybridized carbons (Fsp3) is 0.263. The zero-order chi connectivity index (χ0) is 24.7. The Morgan fingerprint density at radius 3 is 3.00 bits per heavy atom. The zero-order valence-corrected chi connectivity index (χ0v) is 19.7. The van der Waals surface area contributed by atoms with Gasteiger partial charge in [-0.25, -0.2) is 4.57 Å². The number of carboxylic acids is 1. The van der Waals surface area contributed by atoms with Crippen molar-refractivity contribution in [3.05, 3.63) is 47.8 Å². The lowest BCUT2D eigenvalue weighted by atomic mass is 10.0. The number of hydrogen-bond donors (Lipinski definition) is 2. The van der Waals surface area contributed by atoms with Crippen molar-refractivity contribution >= 4 is 57.6 Å². The van der Waals surface area contributed by atoms with E-state index in [1.165, 1.54) is 18.9 Å². The summed E-state index contributed by atoms with van der Waals surface area (Å²) in [4.78, 5) is 47.6. The summed E-state index contributed by atoms with van der Waals surface area (Å²) in [6.45, 7) is 0.230. The first-order chi connectivity index (χ1) is 16.9. The molecule has 1 fully saturated rings. The number of amides is 2. The lowest BCUT2D eigenvalue weighted by Crippen LogP contribution is -2.71. The predicted molar refractivity (Wildman–Crippen MR) is 120 cm³/mol. The maximum atomic E-state index is 13.0. The molecule has 16 heteroatoms. The van der Waals surface area contributed by atoms with Crippen LogP contribution in [0.4, 0.5) is 5.13 Å². The summed E-state index contributed by atoms with van der Waals surface area (Å²) in [7, 11) is 1.25. The number of aliphatic carboxylic acids is 1. The van der Waals surface area contributed by atoms with Crippen molar-refractivity contribution in [3.63, 3.8) is 0 Å². The molecule has 0 unspecified atom stereocenters. The molecule has 0 saturated carbocycles. The van der Waals surface area contributed by atoms with Crippen LogP contribution in [0.5, 0.6) is 0 Å². The first-order valence-corrected chi connectivity index (χ1v) is 11.9. The predicted octanol–water partition coefficient (Wildman–Crippen LogP) is -2.49. The Balaban J connectivity index is 1.37. The maximum absolute atomic E-state index is 13.0. The summed E-state index contributed by atoms with van der Waals surface area (Å²) >= 11 is 2.21. The molecule has 0 radical (unpaired) electrons. The number of fused-ring (bicyclic) bond motifs is 2. The first-order valence-electron chi connectivity index (χ1n) is 10.1. The number of rotatable bonds is 7. The van der Waals surface area contributed by atoms with Crippen LogP contribution < -0.4 is 20.7 Å². The molecule has 2 aliphatic rings. The highest BCUT2D eigenvalue weighted by Gasteiger charge is 2.53. The van der Waals surface area contributed by atoms with Gasteiger partial charge in [0.05, 0.1) is 17.9 Å². The number of thioether (sulfide) groups is 1. The third-order valence-corrected chi connectivity index (χ3v) is 7.26. The molecular weight excluding hydrogens is 498 g/mol. The van der Waals surface area contributed by atoms with E-state index in [-0.39, 0.29) is 28.9 Å². The van der Waals surface area contributed by atoms with Gasteiger partial charge in [0.1, 0.15) is 31.3 Å². The summed E-state index contributed by atoms with van der Waals surface area (Å²) in [6.07, 6.45) is 5.16. The van der Waals surface area contributed by atoms with Crippen LogP contribution in [0.15, 0.2) is 47.1 Å². The Kier molecular flexibility index (Phi) is 5.81. The molecule has 180 valence electrons. The van der Waals surface area contributed by atoms with Crippen LogP contribution in [-0.2, 0) is 25.8 Å². The number of oxime groups is 1. The van der Waals surface area contributed by atoms with E-state index < -0.39 is 29.2 Å². The third kappa shape index (κ3) is 3.95. The van der Waals surface area contributed by atoms with Crippen molar-refractivity contribution in [2.45, 2.75) is 18.0 Å². The molecule has 2 amide bonds. The van der Waals surface area contributed by atoms with E-state index in [4.69, 9.17) is 10.6 Å². The Hall–Kier alpha value is -4.05. The Morgan fingerprint density at radius 2 is 2.29 bits per heavy atom. The van der Waals surface area contributed by atoms with E-state index in [0.29, 0.717) is 11.3 Å². The average Bonchev–Trinajstić information content (AvgIpc) is 3.46. The van der Waals surface area contributed by atoms with Crippen molar-refractivity contribution in [2.24, 2.45) is 5.16 Å². The van der Waals surface area contributed by atoms with Gasteiger partial charge in [-0.3, -0.25) is 14.5 Å². The van der Waals surface area contributed by atoms with Crippen LogP contribution >= 0.6 is 23.3 Å². The fourth-order valence-corrected chi connectivity index (χ4v) is 5.66. The summed E-state index contributed by atoms with van der Waals surface area (Å²) in [5.41, 5.74) is 6.39. The minimum atomic E-state index is -1.46. The van der Waals surface area contributed by atoms with Crippen LogP contribution in [0.2, 0.25) is 0 Å². The normalized spacial score (nSPS) is 20.0. The summed E-state index contributed by atoms with van der Waals surface area (Å²) < 4.78 is 7.43. The van der Waals surface area contributed by atoms with Crippen molar-refractivity contribution in [1.29, 1.82) is 0 Å². The van der Waals surface area contributed by atoms with Crippen LogP contribution in [-0.4, -0.2) is 71.6 Å². The molecule has 5 heterocycles. The van der Waals surface area contributed by atoms with Crippen molar-refractivity contribution in [1.82, 2.24) is 29.2 Å². The second-order valence-corrected chi connectivity index (χ2v) is 9.32. The van der Waals surface area contributed by atoms with E-state index in [2.05, 4.69) is 24.9 Å². The van der Waals surface area contributed by atoms with Crippen LogP contribution in [0.1, 0.15) is 5.82 Å². The number of aromatic nitrogens is 5. The van der Waals surface area contributed by atoms with E-state index >= 15 is 0 Å². The minimum absolute atomic E-state index is 0.0457. The molecule has 1 saturated heterocycles. The quantitative estimate of drug-likeness (QED) is 0.148. The van der Waals surface area contributed by atoms with Gasteiger partial charge in [0.25, 0.3) is 11.8 Å². The summed E-state index contributed by atoms with van der Waals surface area (Å²) in [6, 6.07) is 2.64. The number of β-lactam (4-membered cyclic amide) rings is 1. The number of anilines is 1. The lowest BCUT2D eigenvalue weighted by Gasteiger charge is -2.50. The number of carbonyl (C=O) groups is 3. The SMILES string of the molecule is CO/N=C(\C(=O)N[C@H]1C(=O)N2C(C(=O)[O-])=C(C[n+]3ccn4ncccc43)CS[C@@H]12)c1nsc(N)n1. The molecule has 3 aromatic rings. The molecular formula is C19H17N9O5S2. The number of nitrogens with two attached hydrogens (primary N) is 1. The number of imidazole rings is 1. The first kappa shape index (κ1) is 22.7. The van der Waals surface area contributed by atoms with Gasteiger partial charge in [-0.15, -0.1) is 16.3 Å². The van der Waals surface area contributed by atoms with Gasteiger partial charge in [-0.1, -0.05) is 10.3 Å². The highest BCUT2D eigenvalue weighted by molar-refractivity contribution is 8.00. The monoisotopic (exact) mass is 515 g/mol. The van der Waals surface area contributed by atoms with Gasteiger partial charge in [0.2, 0.25) is 11.5 Å².